The summed E-state index contributed by atoms with van der Waals surface area (Å²) in [4.78, 5) is 12.5. The highest BCUT2D eigenvalue weighted by molar-refractivity contribution is 7.21. The lowest BCUT2D eigenvalue weighted by Crippen LogP contribution is -2.24. The number of halogens is 1. The summed E-state index contributed by atoms with van der Waals surface area (Å²) in [6.45, 7) is 0.558. The van der Waals surface area contributed by atoms with Crippen LogP contribution in [0.25, 0.3) is 10.1 Å². The summed E-state index contributed by atoms with van der Waals surface area (Å²) in [5.41, 5.74) is 6.26. The van der Waals surface area contributed by atoms with E-state index in [1.807, 2.05) is 0 Å². The number of rotatable bonds is 5. The first-order valence-electron chi connectivity index (χ1n) is 6.32. The minimum atomic E-state index is -0.358. The maximum Gasteiger partial charge on any atom is 0.263 e. The number of nitrogens with one attached hydrogen (secondary N) is 1. The zero-order chi connectivity index (χ0) is 14.5. The van der Waals surface area contributed by atoms with Crippen molar-refractivity contribution in [3.05, 3.63) is 28.9 Å². The van der Waals surface area contributed by atoms with Crippen molar-refractivity contribution >= 4 is 33.0 Å². The Bertz CT molecular complexity index is 672. The van der Waals surface area contributed by atoms with Crippen molar-refractivity contribution < 1.29 is 9.18 Å². The number of carbonyl (C=O) groups excluding carboxylic acids is 1. The minimum absolute atomic E-state index is 0.218. The largest absolute Gasteiger partial charge is 0.397 e. The van der Waals surface area contributed by atoms with Gasteiger partial charge in [0, 0.05) is 23.1 Å². The molecule has 0 spiro atoms. The first-order chi connectivity index (χ1) is 9.63. The number of hydrogen-bond donors (Lipinski definition) is 2. The van der Waals surface area contributed by atoms with Gasteiger partial charge < -0.3 is 11.1 Å². The molecular weight excluding hydrogens is 275 g/mol. The van der Waals surface area contributed by atoms with Crippen LogP contribution in [0.1, 0.15) is 28.9 Å². The highest BCUT2D eigenvalue weighted by Gasteiger charge is 2.16. The smallest absolute Gasteiger partial charge is 0.263 e. The van der Waals surface area contributed by atoms with Crippen molar-refractivity contribution in [1.82, 2.24) is 5.32 Å². The van der Waals surface area contributed by atoms with E-state index in [-0.39, 0.29) is 11.7 Å². The topological polar surface area (TPSA) is 55.1 Å². The highest BCUT2D eigenvalue weighted by Crippen LogP contribution is 2.33. The Hall–Kier alpha value is -2.06. The van der Waals surface area contributed by atoms with Crippen molar-refractivity contribution in [1.29, 1.82) is 0 Å². The number of nitrogen functional groups attached to an aromatic ring is 1. The maximum atomic E-state index is 13.2. The molecule has 0 aliphatic rings. The lowest BCUT2D eigenvalue weighted by atomic mass is 10.2. The molecule has 0 saturated carbocycles. The van der Waals surface area contributed by atoms with Gasteiger partial charge in [0.15, 0.2) is 0 Å². The number of nitrogens with two attached hydrogens (primary N) is 1. The molecule has 0 aliphatic heterocycles. The highest BCUT2D eigenvalue weighted by atomic mass is 32.1. The monoisotopic (exact) mass is 290 g/mol. The number of hydrogen-bond acceptors (Lipinski definition) is 3. The van der Waals surface area contributed by atoms with Crippen molar-refractivity contribution in [2.24, 2.45) is 0 Å². The number of thiophene rings is 1. The van der Waals surface area contributed by atoms with E-state index in [9.17, 15) is 9.18 Å². The number of fused-ring (bicyclic) bond motifs is 1. The molecule has 3 N–H and O–H groups in total. The maximum absolute atomic E-state index is 13.2. The number of amides is 1. The Morgan fingerprint density at radius 1 is 1.45 bits per heavy atom. The molecule has 0 unspecified atom stereocenters. The van der Waals surface area contributed by atoms with Crippen LogP contribution in [-0.2, 0) is 0 Å². The number of benzene rings is 1. The molecule has 0 atom stereocenters. The lowest BCUT2D eigenvalue weighted by Gasteiger charge is -2.03. The van der Waals surface area contributed by atoms with E-state index in [1.165, 1.54) is 23.5 Å². The predicted molar refractivity (Wildman–Crippen MR) is 81.2 cm³/mol. The van der Waals surface area contributed by atoms with Crippen LogP contribution in [0.15, 0.2) is 18.2 Å². The molecule has 1 amide bonds. The third kappa shape index (κ3) is 3.09. The molecule has 0 aliphatic carbocycles. The molecule has 2 rings (SSSR count). The summed E-state index contributed by atoms with van der Waals surface area (Å²) in [5, 5.41) is 3.39. The van der Waals surface area contributed by atoms with Gasteiger partial charge in [-0.25, -0.2) is 4.39 Å². The van der Waals surface area contributed by atoms with Crippen LogP contribution >= 0.6 is 11.3 Å². The van der Waals surface area contributed by atoms with Crippen LogP contribution < -0.4 is 11.1 Å². The van der Waals surface area contributed by atoms with Gasteiger partial charge in [-0.05, 0) is 31.0 Å². The molecule has 5 heteroatoms. The van der Waals surface area contributed by atoms with Crippen molar-refractivity contribution in [3.8, 4) is 12.3 Å². The van der Waals surface area contributed by atoms with Gasteiger partial charge in [-0.3, -0.25) is 4.79 Å². The zero-order valence-electron chi connectivity index (χ0n) is 10.9. The van der Waals surface area contributed by atoms with Gasteiger partial charge in [0.1, 0.15) is 10.7 Å². The Balaban J connectivity index is 2.07. The Kier molecular flexibility index (Phi) is 4.59. The molecule has 1 aromatic carbocycles. The van der Waals surface area contributed by atoms with E-state index in [1.54, 1.807) is 6.07 Å². The Morgan fingerprint density at radius 3 is 3.00 bits per heavy atom. The summed E-state index contributed by atoms with van der Waals surface area (Å²) in [7, 11) is 0. The molecule has 20 heavy (non-hydrogen) atoms. The van der Waals surface area contributed by atoms with Crippen LogP contribution in [0.4, 0.5) is 10.1 Å². The number of anilines is 1. The fourth-order valence-corrected chi connectivity index (χ4v) is 2.91. The molecule has 2 aromatic rings. The van der Waals surface area contributed by atoms with Gasteiger partial charge in [0.2, 0.25) is 0 Å². The van der Waals surface area contributed by atoms with E-state index in [4.69, 9.17) is 12.2 Å². The second-order valence-electron chi connectivity index (χ2n) is 4.40. The van der Waals surface area contributed by atoms with Crippen molar-refractivity contribution in [3.63, 3.8) is 0 Å². The van der Waals surface area contributed by atoms with Crippen molar-refractivity contribution in [2.45, 2.75) is 19.3 Å². The first kappa shape index (κ1) is 14.4. The molecule has 0 saturated heterocycles. The van der Waals surface area contributed by atoms with Crippen LogP contribution in [0.3, 0.4) is 0 Å². The fourth-order valence-electron chi connectivity index (χ4n) is 1.89. The Morgan fingerprint density at radius 2 is 2.25 bits per heavy atom. The second kappa shape index (κ2) is 6.40. The molecule has 104 valence electrons. The summed E-state index contributed by atoms with van der Waals surface area (Å²) >= 11 is 1.27. The minimum Gasteiger partial charge on any atom is -0.397 e. The molecule has 0 bridgehead atoms. The summed E-state index contributed by atoms with van der Waals surface area (Å²) in [6, 6.07) is 4.35. The van der Waals surface area contributed by atoms with E-state index < -0.39 is 0 Å². The van der Waals surface area contributed by atoms with E-state index in [0.717, 1.165) is 17.5 Å². The molecular formula is C15H15FN2OS. The van der Waals surface area contributed by atoms with E-state index in [2.05, 4.69) is 11.2 Å². The standard InChI is InChI=1S/C15H15FN2OS/c1-2-3-4-5-8-18-15(19)14-13(17)11-9-10(16)6-7-12(11)20-14/h1,6-7,9H,3-5,8,17H2,(H,18,19). The van der Waals surface area contributed by atoms with Gasteiger partial charge in [0.25, 0.3) is 5.91 Å². The number of unbranched alkanes of at least 4 members (excludes halogenated alkanes) is 2. The third-order valence-corrected chi connectivity index (χ3v) is 4.11. The first-order valence-corrected chi connectivity index (χ1v) is 7.14. The van der Waals surface area contributed by atoms with Crippen LogP contribution in [0.2, 0.25) is 0 Å². The molecule has 0 fully saturated rings. The second-order valence-corrected chi connectivity index (χ2v) is 5.45. The number of carbonyl (C=O) groups is 1. The van der Waals surface area contributed by atoms with Crippen molar-refractivity contribution in [2.75, 3.05) is 12.3 Å². The molecule has 3 nitrogen and oxygen atoms in total. The summed E-state index contributed by atoms with van der Waals surface area (Å²) in [5.74, 6) is 1.98. The SMILES string of the molecule is C#CCCCCNC(=O)c1sc2ccc(F)cc2c1N. The lowest BCUT2D eigenvalue weighted by molar-refractivity contribution is 0.0958. The average Bonchev–Trinajstić information content (AvgIpc) is 2.76. The third-order valence-electron chi connectivity index (χ3n) is 2.93. The molecule has 0 radical (unpaired) electrons. The predicted octanol–water partition coefficient (Wildman–Crippen LogP) is 3.16. The average molecular weight is 290 g/mol. The zero-order valence-corrected chi connectivity index (χ0v) is 11.7. The molecule has 1 aromatic heterocycles. The van der Waals surface area contributed by atoms with Crippen LogP contribution in [-0.4, -0.2) is 12.5 Å². The van der Waals surface area contributed by atoms with Crippen LogP contribution in [0, 0.1) is 18.2 Å². The summed E-state index contributed by atoms with van der Waals surface area (Å²) in [6.07, 6.45) is 7.57. The van der Waals surface area contributed by atoms with E-state index in [0.29, 0.717) is 28.9 Å². The van der Waals surface area contributed by atoms with E-state index >= 15 is 0 Å². The normalized spacial score (nSPS) is 10.4. The van der Waals surface area contributed by atoms with Gasteiger partial charge in [-0.15, -0.1) is 23.7 Å². The number of terminal acetylenes is 1. The molecule has 1 heterocycles. The summed E-state index contributed by atoms with van der Waals surface area (Å²) < 4.78 is 14.0. The van der Waals surface area contributed by atoms with Gasteiger partial charge in [0.05, 0.1) is 5.69 Å². The van der Waals surface area contributed by atoms with Gasteiger partial charge in [-0.1, -0.05) is 0 Å². The van der Waals surface area contributed by atoms with Gasteiger partial charge in [-0.2, -0.15) is 0 Å². The Labute approximate surface area is 121 Å². The quantitative estimate of drug-likeness (QED) is 0.656. The fraction of sp³-hybridized carbons (Fsp3) is 0.267. The van der Waals surface area contributed by atoms with Gasteiger partial charge >= 0.3 is 0 Å². The van der Waals surface area contributed by atoms with Crippen LogP contribution in [0.5, 0.6) is 0 Å².